The lowest BCUT2D eigenvalue weighted by Gasteiger charge is -2.13. The largest absolute Gasteiger partial charge is 0.395 e. The van der Waals surface area contributed by atoms with Crippen molar-refractivity contribution in [3.63, 3.8) is 0 Å². The third-order valence-electron chi connectivity index (χ3n) is 2.57. The van der Waals surface area contributed by atoms with Crippen molar-refractivity contribution in [1.82, 2.24) is 4.72 Å². The Hall–Kier alpha value is -0.220. The van der Waals surface area contributed by atoms with Crippen LogP contribution in [0.2, 0.25) is 5.02 Å². The van der Waals surface area contributed by atoms with E-state index in [4.69, 9.17) is 17.3 Å². The predicted octanol–water partition coefficient (Wildman–Crippen LogP) is 1.87. The summed E-state index contributed by atoms with van der Waals surface area (Å²) in [7, 11) is -5.32. The van der Waals surface area contributed by atoms with Crippen molar-refractivity contribution in [1.29, 1.82) is 0 Å². The molecule has 0 spiro atoms. The molecule has 0 aliphatic heterocycles. The van der Waals surface area contributed by atoms with Gasteiger partial charge in [-0.3, -0.25) is 4.21 Å². The lowest BCUT2D eigenvalue weighted by molar-refractivity contribution is 0.558. The first-order valence-corrected chi connectivity index (χ1v) is 9.60. The molecule has 10 heteroatoms. The number of nitrogens with one attached hydrogen (secondary N) is 1. The summed E-state index contributed by atoms with van der Waals surface area (Å²) in [5, 5.41) is -0.424. The van der Waals surface area contributed by atoms with Crippen molar-refractivity contribution in [3.05, 3.63) is 21.4 Å². The molecule has 5 nitrogen and oxygen atoms in total. The number of nitrogens with two attached hydrogens (primary N) is 1. The number of nitrogen functional groups attached to an aromatic ring is 1. The Balaban J connectivity index is 3.14. The van der Waals surface area contributed by atoms with Crippen LogP contribution < -0.4 is 10.5 Å². The Morgan fingerprint density at radius 3 is 2.65 bits per heavy atom. The summed E-state index contributed by atoms with van der Waals surface area (Å²) in [4.78, 5) is -0.641. The minimum absolute atomic E-state index is 0.0172. The number of anilines is 1. The fraction of sp³-hybridized carbons (Fsp3) is 0.400. The van der Waals surface area contributed by atoms with Crippen molar-refractivity contribution in [2.24, 2.45) is 0 Å². The molecular formula is C10H13BrClFN2O3S2. The van der Waals surface area contributed by atoms with Crippen LogP contribution in [0.25, 0.3) is 0 Å². The quantitative estimate of drug-likeness (QED) is 0.576. The van der Waals surface area contributed by atoms with Gasteiger partial charge in [0.2, 0.25) is 10.0 Å². The molecule has 2 unspecified atom stereocenters. The van der Waals surface area contributed by atoms with Crippen molar-refractivity contribution >= 4 is 54.0 Å². The SMILES string of the molecule is CC(CNS(=O)(=O)c1cc(Cl)c(Br)c(N)c1F)S(C)=O. The predicted molar refractivity (Wildman–Crippen MR) is 82.2 cm³/mol. The standard InChI is InChI=1S/C10H13BrClFN2O3S2/c1-5(19(2)16)4-15-20(17,18)7-3-6(12)8(11)10(14)9(7)13/h3,5,15H,4,14H2,1-2H3. The fourth-order valence-electron chi connectivity index (χ4n) is 1.22. The van der Waals surface area contributed by atoms with Crippen LogP contribution in [0.15, 0.2) is 15.4 Å². The number of benzene rings is 1. The Bertz CT molecular complexity index is 654. The molecule has 0 heterocycles. The van der Waals surface area contributed by atoms with E-state index in [2.05, 4.69) is 20.7 Å². The Labute approximate surface area is 132 Å². The molecule has 0 aliphatic carbocycles. The minimum atomic E-state index is -4.13. The Morgan fingerprint density at radius 2 is 2.15 bits per heavy atom. The van der Waals surface area contributed by atoms with E-state index < -0.39 is 36.8 Å². The van der Waals surface area contributed by atoms with Gasteiger partial charge in [0, 0.05) is 28.9 Å². The zero-order valence-corrected chi connectivity index (χ0v) is 14.6. The van der Waals surface area contributed by atoms with Gasteiger partial charge in [-0.05, 0) is 28.9 Å². The van der Waals surface area contributed by atoms with Gasteiger partial charge in [0.25, 0.3) is 0 Å². The summed E-state index contributed by atoms with van der Waals surface area (Å²) in [6, 6.07) is 0.966. The van der Waals surface area contributed by atoms with Crippen LogP contribution in [0.1, 0.15) is 6.92 Å². The summed E-state index contributed by atoms with van der Waals surface area (Å²) in [6.07, 6.45) is 1.45. The van der Waals surface area contributed by atoms with Gasteiger partial charge in [-0.15, -0.1) is 0 Å². The maximum absolute atomic E-state index is 13.9. The molecule has 0 aliphatic rings. The van der Waals surface area contributed by atoms with E-state index in [1.165, 1.54) is 6.26 Å². The Kier molecular flexibility index (Phi) is 5.97. The van der Waals surface area contributed by atoms with Gasteiger partial charge >= 0.3 is 0 Å². The maximum atomic E-state index is 13.9. The zero-order valence-electron chi connectivity index (χ0n) is 10.6. The molecular weight excluding hydrogens is 395 g/mol. The zero-order chi connectivity index (χ0) is 15.7. The second kappa shape index (κ2) is 6.69. The summed E-state index contributed by atoms with van der Waals surface area (Å²) in [5.41, 5.74) is 5.05. The van der Waals surface area contributed by atoms with Crippen LogP contribution in [0.4, 0.5) is 10.1 Å². The topological polar surface area (TPSA) is 89.3 Å². The van der Waals surface area contributed by atoms with Crippen molar-refractivity contribution in [2.75, 3.05) is 18.5 Å². The minimum Gasteiger partial charge on any atom is -0.395 e. The number of hydrogen-bond acceptors (Lipinski definition) is 4. The average molecular weight is 408 g/mol. The van der Waals surface area contributed by atoms with Crippen LogP contribution in [-0.2, 0) is 20.8 Å². The normalized spacial score (nSPS) is 15.1. The van der Waals surface area contributed by atoms with Gasteiger partial charge in [-0.1, -0.05) is 11.6 Å². The number of hydrogen-bond donors (Lipinski definition) is 2. The number of rotatable bonds is 5. The van der Waals surface area contributed by atoms with E-state index in [9.17, 15) is 17.0 Å². The highest BCUT2D eigenvalue weighted by atomic mass is 79.9. The van der Waals surface area contributed by atoms with Crippen molar-refractivity contribution in [3.8, 4) is 0 Å². The molecule has 0 saturated heterocycles. The smallest absolute Gasteiger partial charge is 0.243 e. The molecule has 2 atom stereocenters. The van der Waals surface area contributed by atoms with E-state index in [0.29, 0.717) is 0 Å². The van der Waals surface area contributed by atoms with E-state index >= 15 is 0 Å². The fourth-order valence-corrected chi connectivity index (χ4v) is 3.45. The molecule has 20 heavy (non-hydrogen) atoms. The first-order chi connectivity index (χ1) is 9.08. The molecule has 0 saturated carbocycles. The van der Waals surface area contributed by atoms with Crippen molar-refractivity contribution in [2.45, 2.75) is 17.1 Å². The average Bonchev–Trinajstić information content (AvgIpc) is 2.37. The molecule has 0 aromatic heterocycles. The van der Waals surface area contributed by atoms with E-state index in [1.807, 2.05) is 0 Å². The van der Waals surface area contributed by atoms with Gasteiger partial charge in [0.1, 0.15) is 4.90 Å². The van der Waals surface area contributed by atoms with Crippen molar-refractivity contribution < 1.29 is 17.0 Å². The summed E-state index contributed by atoms with van der Waals surface area (Å²) < 4.78 is 51.4. The van der Waals surface area contributed by atoms with E-state index in [1.54, 1.807) is 6.92 Å². The van der Waals surface area contributed by atoms with Crippen LogP contribution in [-0.4, -0.2) is 30.7 Å². The first-order valence-electron chi connectivity index (χ1n) is 5.32. The van der Waals surface area contributed by atoms with E-state index in [-0.39, 0.29) is 21.7 Å². The second-order valence-electron chi connectivity index (χ2n) is 4.06. The van der Waals surface area contributed by atoms with Crippen LogP contribution in [0.3, 0.4) is 0 Å². The summed E-state index contributed by atoms with van der Waals surface area (Å²) in [5.74, 6) is -1.08. The molecule has 1 aromatic rings. The molecule has 3 N–H and O–H groups in total. The van der Waals surface area contributed by atoms with Gasteiger partial charge < -0.3 is 5.73 Å². The van der Waals surface area contributed by atoms with Crippen LogP contribution in [0, 0.1) is 5.82 Å². The molecule has 0 bridgehead atoms. The highest BCUT2D eigenvalue weighted by molar-refractivity contribution is 9.10. The van der Waals surface area contributed by atoms with Gasteiger partial charge in [0.05, 0.1) is 15.2 Å². The molecule has 0 radical (unpaired) electrons. The van der Waals surface area contributed by atoms with Gasteiger partial charge in [-0.25, -0.2) is 17.5 Å². The number of sulfonamides is 1. The molecule has 114 valence electrons. The Morgan fingerprint density at radius 1 is 1.60 bits per heavy atom. The highest BCUT2D eigenvalue weighted by Crippen LogP contribution is 2.34. The van der Waals surface area contributed by atoms with Gasteiger partial charge in [-0.2, -0.15) is 0 Å². The third-order valence-corrected chi connectivity index (χ3v) is 6.68. The molecule has 1 rings (SSSR count). The summed E-state index contributed by atoms with van der Waals surface area (Å²) in [6.45, 7) is 1.52. The lowest BCUT2D eigenvalue weighted by Crippen LogP contribution is -2.33. The van der Waals surface area contributed by atoms with Crippen LogP contribution in [0.5, 0.6) is 0 Å². The lowest BCUT2D eigenvalue weighted by atomic mass is 10.3. The summed E-state index contributed by atoms with van der Waals surface area (Å²) >= 11 is 8.74. The molecule has 0 fully saturated rings. The number of halogens is 3. The monoisotopic (exact) mass is 406 g/mol. The second-order valence-corrected chi connectivity index (χ2v) is 8.80. The van der Waals surface area contributed by atoms with E-state index in [0.717, 1.165) is 6.07 Å². The molecule has 0 amide bonds. The third kappa shape index (κ3) is 3.91. The van der Waals surface area contributed by atoms with Crippen LogP contribution >= 0.6 is 27.5 Å². The maximum Gasteiger partial charge on any atom is 0.243 e. The van der Waals surface area contributed by atoms with Gasteiger partial charge in [0.15, 0.2) is 5.82 Å². The first kappa shape index (κ1) is 17.8. The molecule has 1 aromatic carbocycles. The highest BCUT2D eigenvalue weighted by Gasteiger charge is 2.24.